The fourth-order valence-corrected chi connectivity index (χ4v) is 2.31. The summed E-state index contributed by atoms with van der Waals surface area (Å²) in [5, 5.41) is 9.12. The lowest BCUT2D eigenvalue weighted by molar-refractivity contribution is 0.0697. The monoisotopic (exact) mass is 267 g/mol. The summed E-state index contributed by atoms with van der Waals surface area (Å²) in [6.07, 6.45) is 5.39. The molecule has 1 aromatic carbocycles. The van der Waals surface area contributed by atoms with E-state index in [-0.39, 0.29) is 11.7 Å². The van der Waals surface area contributed by atoms with Crippen LogP contribution in [0.25, 0.3) is 5.57 Å². The molecule has 2 heterocycles. The first-order valence-corrected chi connectivity index (χ1v) is 6.32. The lowest BCUT2D eigenvalue weighted by atomic mass is 9.93. The second-order valence-corrected chi connectivity index (χ2v) is 4.66. The van der Waals surface area contributed by atoms with E-state index >= 15 is 0 Å². The zero-order chi connectivity index (χ0) is 14.1. The number of carboxylic acid groups (broad SMARTS) is 1. The highest BCUT2D eigenvalue weighted by Crippen LogP contribution is 2.36. The summed E-state index contributed by atoms with van der Waals surface area (Å²) in [6, 6.07) is 8.71. The lowest BCUT2D eigenvalue weighted by Gasteiger charge is -2.23. The average Bonchev–Trinajstić information content (AvgIpc) is 2.46. The van der Waals surface area contributed by atoms with E-state index in [2.05, 4.69) is 4.98 Å². The van der Waals surface area contributed by atoms with E-state index in [1.807, 2.05) is 25.1 Å². The van der Waals surface area contributed by atoms with Gasteiger partial charge in [0.2, 0.25) is 0 Å². The predicted molar refractivity (Wildman–Crippen MR) is 74.8 cm³/mol. The zero-order valence-electron chi connectivity index (χ0n) is 10.9. The van der Waals surface area contributed by atoms with Gasteiger partial charge in [0, 0.05) is 23.5 Å². The Morgan fingerprint density at radius 2 is 2.20 bits per heavy atom. The molecule has 0 bridgehead atoms. The molecule has 1 atom stereocenters. The van der Waals surface area contributed by atoms with Gasteiger partial charge in [0.1, 0.15) is 11.9 Å². The molecular formula is C16H13NO3. The van der Waals surface area contributed by atoms with Gasteiger partial charge in [0.25, 0.3) is 0 Å². The maximum Gasteiger partial charge on any atom is 0.335 e. The van der Waals surface area contributed by atoms with E-state index in [0.29, 0.717) is 5.75 Å². The zero-order valence-corrected chi connectivity index (χ0v) is 10.9. The van der Waals surface area contributed by atoms with Gasteiger partial charge in [-0.15, -0.1) is 0 Å². The Kier molecular flexibility index (Phi) is 2.99. The fraction of sp³-hybridized carbons (Fsp3) is 0.125. The van der Waals surface area contributed by atoms with Gasteiger partial charge in [-0.3, -0.25) is 4.98 Å². The number of pyridine rings is 1. The van der Waals surface area contributed by atoms with Gasteiger partial charge in [0.05, 0.1) is 5.56 Å². The van der Waals surface area contributed by atoms with Crippen LogP contribution in [0.5, 0.6) is 5.75 Å². The highest BCUT2D eigenvalue weighted by molar-refractivity contribution is 5.92. The van der Waals surface area contributed by atoms with Gasteiger partial charge in [-0.2, -0.15) is 0 Å². The van der Waals surface area contributed by atoms with Gasteiger partial charge in [0.15, 0.2) is 0 Å². The topological polar surface area (TPSA) is 59.4 Å². The Bertz CT molecular complexity index is 692. The molecular weight excluding hydrogens is 254 g/mol. The Morgan fingerprint density at radius 1 is 1.35 bits per heavy atom. The number of rotatable bonds is 2. The number of aromatic nitrogens is 1. The van der Waals surface area contributed by atoms with Gasteiger partial charge in [-0.25, -0.2) is 4.79 Å². The van der Waals surface area contributed by atoms with Gasteiger partial charge >= 0.3 is 5.97 Å². The standard InChI is InChI=1S/C16H13NO3/c1-10-7-13(12-3-2-6-17-9-12)14-8-11(16(18)19)4-5-15(14)20-10/h2-10H,1H3,(H,18,19). The predicted octanol–water partition coefficient (Wildman–Crippen LogP) is 2.99. The van der Waals surface area contributed by atoms with E-state index in [0.717, 1.165) is 16.7 Å². The smallest absolute Gasteiger partial charge is 0.335 e. The molecule has 0 fully saturated rings. The van der Waals surface area contributed by atoms with Crippen LogP contribution in [0.3, 0.4) is 0 Å². The molecule has 1 aromatic heterocycles. The van der Waals surface area contributed by atoms with Crippen molar-refractivity contribution < 1.29 is 14.6 Å². The molecule has 0 saturated heterocycles. The number of carboxylic acids is 1. The number of carbonyl (C=O) groups is 1. The van der Waals surface area contributed by atoms with Crippen LogP contribution in [-0.2, 0) is 0 Å². The van der Waals surface area contributed by atoms with Crippen molar-refractivity contribution in [1.29, 1.82) is 0 Å². The van der Waals surface area contributed by atoms with E-state index < -0.39 is 5.97 Å². The third kappa shape index (κ3) is 2.16. The van der Waals surface area contributed by atoms with Crippen molar-refractivity contribution in [1.82, 2.24) is 4.98 Å². The average molecular weight is 267 g/mol. The second kappa shape index (κ2) is 4.81. The highest BCUT2D eigenvalue weighted by Gasteiger charge is 2.20. The molecule has 1 aliphatic heterocycles. The Morgan fingerprint density at radius 3 is 2.90 bits per heavy atom. The lowest BCUT2D eigenvalue weighted by Crippen LogP contribution is -2.16. The Labute approximate surface area is 116 Å². The normalized spacial score (nSPS) is 16.9. The van der Waals surface area contributed by atoms with Gasteiger partial charge in [-0.1, -0.05) is 6.07 Å². The van der Waals surface area contributed by atoms with Crippen LogP contribution in [-0.4, -0.2) is 22.2 Å². The van der Waals surface area contributed by atoms with Crippen molar-refractivity contribution >= 4 is 11.5 Å². The third-order valence-electron chi connectivity index (χ3n) is 3.20. The molecule has 1 N–H and O–H groups in total. The van der Waals surface area contributed by atoms with Crippen molar-refractivity contribution in [2.24, 2.45) is 0 Å². The molecule has 4 nitrogen and oxygen atoms in total. The van der Waals surface area contributed by atoms with E-state index in [4.69, 9.17) is 9.84 Å². The largest absolute Gasteiger partial charge is 0.486 e. The van der Waals surface area contributed by atoms with Crippen LogP contribution >= 0.6 is 0 Å². The summed E-state index contributed by atoms with van der Waals surface area (Å²) in [7, 11) is 0. The highest BCUT2D eigenvalue weighted by atomic mass is 16.5. The SMILES string of the molecule is CC1C=C(c2cccnc2)c2cc(C(=O)O)ccc2O1. The summed E-state index contributed by atoms with van der Waals surface area (Å²) < 4.78 is 5.73. The van der Waals surface area contributed by atoms with Gasteiger partial charge < -0.3 is 9.84 Å². The molecule has 1 aliphatic rings. The second-order valence-electron chi connectivity index (χ2n) is 4.66. The number of hydrogen-bond acceptors (Lipinski definition) is 3. The third-order valence-corrected chi connectivity index (χ3v) is 3.20. The van der Waals surface area contributed by atoms with E-state index in [9.17, 15) is 4.79 Å². The summed E-state index contributed by atoms with van der Waals surface area (Å²) in [5.74, 6) is -0.249. The maximum atomic E-state index is 11.1. The summed E-state index contributed by atoms with van der Waals surface area (Å²) in [5.41, 5.74) is 2.94. The van der Waals surface area contributed by atoms with Crippen LogP contribution in [0, 0.1) is 0 Å². The minimum absolute atomic E-state index is 0.0617. The molecule has 3 rings (SSSR count). The number of nitrogens with zero attached hydrogens (tertiary/aromatic N) is 1. The maximum absolute atomic E-state index is 11.1. The van der Waals surface area contributed by atoms with Crippen LogP contribution in [0.2, 0.25) is 0 Å². The van der Waals surface area contributed by atoms with Crippen LogP contribution in [0.1, 0.15) is 28.4 Å². The number of benzene rings is 1. The number of hydrogen-bond donors (Lipinski definition) is 1. The molecule has 0 aliphatic carbocycles. The summed E-state index contributed by atoms with van der Waals surface area (Å²) in [4.78, 5) is 15.2. The molecule has 0 spiro atoms. The van der Waals surface area contributed by atoms with Crippen molar-refractivity contribution in [2.45, 2.75) is 13.0 Å². The van der Waals surface area contributed by atoms with E-state index in [1.165, 1.54) is 0 Å². The molecule has 0 radical (unpaired) electrons. The van der Waals surface area contributed by atoms with Gasteiger partial charge in [-0.05, 0) is 42.8 Å². The van der Waals surface area contributed by atoms with Crippen LogP contribution in [0.15, 0.2) is 48.8 Å². The van der Waals surface area contributed by atoms with Crippen LogP contribution in [0.4, 0.5) is 0 Å². The minimum atomic E-state index is -0.947. The Hall–Kier alpha value is -2.62. The number of aromatic carboxylic acids is 1. The number of ether oxygens (including phenoxy) is 1. The molecule has 1 unspecified atom stereocenters. The first-order valence-electron chi connectivity index (χ1n) is 6.32. The first kappa shape index (κ1) is 12.4. The molecule has 4 heteroatoms. The molecule has 20 heavy (non-hydrogen) atoms. The summed E-state index contributed by atoms with van der Waals surface area (Å²) in [6.45, 7) is 1.95. The Balaban J connectivity index is 2.16. The van der Waals surface area contributed by atoms with Crippen molar-refractivity contribution in [3.63, 3.8) is 0 Å². The summed E-state index contributed by atoms with van der Waals surface area (Å²) >= 11 is 0. The first-order chi connectivity index (χ1) is 9.65. The van der Waals surface area contributed by atoms with E-state index in [1.54, 1.807) is 30.6 Å². The van der Waals surface area contributed by atoms with Crippen molar-refractivity contribution in [3.05, 3.63) is 65.5 Å². The molecule has 0 amide bonds. The molecule has 0 saturated carbocycles. The quantitative estimate of drug-likeness (QED) is 0.908. The molecule has 2 aromatic rings. The fourth-order valence-electron chi connectivity index (χ4n) is 2.31. The van der Waals surface area contributed by atoms with Crippen molar-refractivity contribution in [3.8, 4) is 5.75 Å². The number of fused-ring (bicyclic) bond motifs is 1. The minimum Gasteiger partial charge on any atom is -0.486 e. The van der Waals surface area contributed by atoms with Crippen molar-refractivity contribution in [2.75, 3.05) is 0 Å². The van der Waals surface area contributed by atoms with Crippen LogP contribution < -0.4 is 4.74 Å². The molecule has 100 valence electrons.